The average Bonchev–Trinajstić information content (AvgIpc) is 3.10. The predicted octanol–water partition coefficient (Wildman–Crippen LogP) is 2.86. The molecule has 2 aromatic carbocycles. The maximum absolute atomic E-state index is 12.6. The molecule has 0 spiro atoms. The summed E-state index contributed by atoms with van der Waals surface area (Å²) >= 11 is 0. The summed E-state index contributed by atoms with van der Waals surface area (Å²) in [5.74, 6) is -0.661. The highest BCUT2D eigenvalue weighted by Gasteiger charge is 2.35. The number of esters is 1. The first kappa shape index (κ1) is 19.4. The van der Waals surface area contributed by atoms with Gasteiger partial charge in [0.1, 0.15) is 5.75 Å². The Kier molecular flexibility index (Phi) is 5.93. The molecule has 0 bridgehead atoms. The van der Waals surface area contributed by atoms with E-state index in [0.717, 1.165) is 0 Å². The molecule has 1 atom stereocenters. The number of amides is 2. The number of hydrogen-bond acceptors (Lipinski definition) is 5. The van der Waals surface area contributed by atoms with Gasteiger partial charge < -0.3 is 19.7 Å². The molecular formula is C21H22N2O5. The number of methoxy groups -OCH3 is 1. The minimum absolute atomic E-state index is 0.117. The lowest BCUT2D eigenvalue weighted by Crippen LogP contribution is -2.28. The molecular weight excluding hydrogens is 360 g/mol. The van der Waals surface area contributed by atoms with Gasteiger partial charge in [0, 0.05) is 30.4 Å². The van der Waals surface area contributed by atoms with E-state index in [1.54, 1.807) is 61.4 Å². The van der Waals surface area contributed by atoms with Crippen molar-refractivity contribution in [3.63, 3.8) is 0 Å². The zero-order valence-corrected chi connectivity index (χ0v) is 15.8. The number of anilines is 2. The van der Waals surface area contributed by atoms with E-state index in [9.17, 15) is 14.4 Å². The van der Waals surface area contributed by atoms with Gasteiger partial charge in [-0.25, -0.2) is 4.79 Å². The Morgan fingerprint density at radius 3 is 2.71 bits per heavy atom. The lowest BCUT2D eigenvalue weighted by molar-refractivity contribution is -0.122. The smallest absolute Gasteiger partial charge is 0.338 e. The molecule has 1 heterocycles. The molecule has 146 valence electrons. The minimum atomic E-state index is -0.482. The van der Waals surface area contributed by atoms with Gasteiger partial charge in [-0.3, -0.25) is 9.59 Å². The Morgan fingerprint density at radius 2 is 1.96 bits per heavy atom. The van der Waals surface area contributed by atoms with Gasteiger partial charge in [0.2, 0.25) is 11.8 Å². The molecule has 0 unspecified atom stereocenters. The van der Waals surface area contributed by atoms with Crippen LogP contribution in [-0.2, 0) is 14.3 Å². The van der Waals surface area contributed by atoms with Gasteiger partial charge in [-0.1, -0.05) is 12.1 Å². The fourth-order valence-corrected chi connectivity index (χ4v) is 3.09. The summed E-state index contributed by atoms with van der Waals surface area (Å²) in [5.41, 5.74) is 1.55. The molecule has 3 rings (SSSR count). The van der Waals surface area contributed by atoms with Crippen LogP contribution in [0.3, 0.4) is 0 Å². The quantitative estimate of drug-likeness (QED) is 0.777. The van der Waals surface area contributed by atoms with E-state index in [0.29, 0.717) is 22.7 Å². The number of benzene rings is 2. The first-order valence-electron chi connectivity index (χ1n) is 9.04. The van der Waals surface area contributed by atoms with Crippen molar-refractivity contribution in [2.24, 2.45) is 5.92 Å². The van der Waals surface area contributed by atoms with E-state index in [1.807, 2.05) is 6.07 Å². The topological polar surface area (TPSA) is 84.9 Å². The van der Waals surface area contributed by atoms with Crippen molar-refractivity contribution in [2.75, 3.05) is 30.5 Å². The summed E-state index contributed by atoms with van der Waals surface area (Å²) in [5, 5.41) is 2.79. The lowest BCUT2D eigenvalue weighted by Gasteiger charge is -2.17. The molecule has 7 heteroatoms. The number of carbonyl (C=O) groups is 3. The van der Waals surface area contributed by atoms with E-state index in [4.69, 9.17) is 9.47 Å². The van der Waals surface area contributed by atoms with E-state index in [1.165, 1.54) is 0 Å². The molecule has 0 saturated carbocycles. The second kappa shape index (κ2) is 8.56. The molecule has 1 fully saturated rings. The first-order chi connectivity index (χ1) is 13.5. The van der Waals surface area contributed by atoms with Crippen molar-refractivity contribution < 1.29 is 23.9 Å². The average molecular weight is 382 g/mol. The normalized spacial score (nSPS) is 16.0. The Hall–Kier alpha value is -3.35. The van der Waals surface area contributed by atoms with Crippen LogP contribution in [0, 0.1) is 5.92 Å². The lowest BCUT2D eigenvalue weighted by atomic mass is 10.1. The van der Waals surface area contributed by atoms with Gasteiger partial charge in [0.25, 0.3) is 0 Å². The molecule has 2 amide bonds. The van der Waals surface area contributed by atoms with Crippen LogP contribution in [0.1, 0.15) is 23.7 Å². The first-order valence-corrected chi connectivity index (χ1v) is 9.04. The Balaban J connectivity index is 1.68. The third-order valence-electron chi connectivity index (χ3n) is 4.50. The summed E-state index contributed by atoms with van der Waals surface area (Å²) in [6.45, 7) is 2.30. The van der Waals surface area contributed by atoms with Gasteiger partial charge in [-0.05, 0) is 37.3 Å². The highest BCUT2D eigenvalue weighted by molar-refractivity contribution is 6.04. The third kappa shape index (κ3) is 4.31. The summed E-state index contributed by atoms with van der Waals surface area (Å²) < 4.78 is 10.2. The van der Waals surface area contributed by atoms with Crippen LogP contribution in [0.2, 0.25) is 0 Å². The van der Waals surface area contributed by atoms with Crippen LogP contribution < -0.4 is 15.0 Å². The number of ether oxygens (including phenoxy) is 2. The number of nitrogens with zero attached hydrogens (tertiary/aromatic N) is 1. The fraction of sp³-hybridized carbons (Fsp3) is 0.286. The Labute approximate surface area is 163 Å². The molecule has 0 aliphatic carbocycles. The highest BCUT2D eigenvalue weighted by Crippen LogP contribution is 2.28. The maximum Gasteiger partial charge on any atom is 0.338 e. The van der Waals surface area contributed by atoms with E-state index >= 15 is 0 Å². The third-order valence-corrected chi connectivity index (χ3v) is 4.50. The second-order valence-corrected chi connectivity index (χ2v) is 6.40. The number of carbonyl (C=O) groups excluding carboxylic acids is 3. The minimum Gasteiger partial charge on any atom is -0.497 e. The summed E-state index contributed by atoms with van der Waals surface area (Å²) in [4.78, 5) is 38.5. The van der Waals surface area contributed by atoms with Gasteiger partial charge in [-0.2, -0.15) is 0 Å². The van der Waals surface area contributed by atoms with Crippen LogP contribution in [0.5, 0.6) is 5.75 Å². The molecule has 2 aromatic rings. The second-order valence-electron chi connectivity index (χ2n) is 6.40. The molecule has 1 saturated heterocycles. The standard InChI is InChI=1S/C21H22N2O5/c1-3-28-21(26)14-6-4-7-16(10-14)22-20(25)15-11-19(24)23(13-15)17-8-5-9-18(12-17)27-2/h4-10,12,15H,3,11,13H2,1-2H3,(H,22,25)/t15-/m1/s1. The zero-order chi connectivity index (χ0) is 20.1. The molecule has 28 heavy (non-hydrogen) atoms. The number of nitrogens with one attached hydrogen (secondary N) is 1. The van der Waals surface area contributed by atoms with Gasteiger partial charge in [0.15, 0.2) is 0 Å². The largest absolute Gasteiger partial charge is 0.497 e. The van der Waals surface area contributed by atoms with E-state index < -0.39 is 11.9 Å². The van der Waals surface area contributed by atoms with Crippen molar-refractivity contribution in [1.29, 1.82) is 0 Å². The molecule has 0 aromatic heterocycles. The van der Waals surface area contributed by atoms with E-state index in [2.05, 4.69) is 5.32 Å². The molecule has 7 nitrogen and oxygen atoms in total. The predicted molar refractivity (Wildman–Crippen MR) is 104 cm³/mol. The van der Waals surface area contributed by atoms with Crippen molar-refractivity contribution in [3.05, 3.63) is 54.1 Å². The van der Waals surface area contributed by atoms with Crippen LogP contribution in [0.25, 0.3) is 0 Å². The summed E-state index contributed by atoms with van der Waals surface area (Å²) in [6, 6.07) is 13.7. The fourth-order valence-electron chi connectivity index (χ4n) is 3.09. The van der Waals surface area contributed by atoms with Gasteiger partial charge in [0.05, 0.1) is 25.2 Å². The Morgan fingerprint density at radius 1 is 1.18 bits per heavy atom. The van der Waals surface area contributed by atoms with Gasteiger partial charge in [-0.15, -0.1) is 0 Å². The van der Waals surface area contributed by atoms with Crippen molar-refractivity contribution in [1.82, 2.24) is 0 Å². The monoisotopic (exact) mass is 382 g/mol. The Bertz CT molecular complexity index is 896. The van der Waals surface area contributed by atoms with Crippen LogP contribution in [-0.4, -0.2) is 38.0 Å². The zero-order valence-electron chi connectivity index (χ0n) is 15.8. The SMILES string of the molecule is CCOC(=O)c1cccc(NC(=O)[C@@H]2CC(=O)N(c3cccc(OC)c3)C2)c1. The summed E-state index contributed by atoms with van der Waals surface area (Å²) in [7, 11) is 1.56. The molecule has 0 radical (unpaired) electrons. The maximum atomic E-state index is 12.6. The van der Waals surface area contributed by atoms with Crippen LogP contribution in [0.15, 0.2) is 48.5 Å². The number of rotatable bonds is 6. The van der Waals surface area contributed by atoms with E-state index in [-0.39, 0.29) is 31.4 Å². The molecule has 1 N–H and O–H groups in total. The van der Waals surface area contributed by atoms with Crippen molar-refractivity contribution in [2.45, 2.75) is 13.3 Å². The number of hydrogen-bond donors (Lipinski definition) is 1. The highest BCUT2D eigenvalue weighted by atomic mass is 16.5. The van der Waals surface area contributed by atoms with Crippen LogP contribution in [0.4, 0.5) is 11.4 Å². The molecule has 1 aliphatic rings. The van der Waals surface area contributed by atoms with Gasteiger partial charge >= 0.3 is 5.97 Å². The van der Waals surface area contributed by atoms with Crippen molar-refractivity contribution in [3.8, 4) is 5.75 Å². The summed E-state index contributed by atoms with van der Waals surface area (Å²) in [6.07, 6.45) is 0.126. The van der Waals surface area contributed by atoms with Crippen molar-refractivity contribution >= 4 is 29.2 Å². The molecule has 1 aliphatic heterocycles. The van der Waals surface area contributed by atoms with Crippen LogP contribution >= 0.6 is 0 Å².